The largest absolute Gasteiger partial charge is 0.481 e. The van der Waals surface area contributed by atoms with Gasteiger partial charge in [-0.15, -0.1) is 0 Å². The molecule has 0 bridgehead atoms. The first-order valence-electron chi connectivity index (χ1n) is 9.54. The fourth-order valence-electron chi connectivity index (χ4n) is 2.43. The molecule has 31 heavy (non-hydrogen) atoms. The van der Waals surface area contributed by atoms with Crippen LogP contribution in [0, 0.1) is 0 Å². The van der Waals surface area contributed by atoms with Gasteiger partial charge in [0.2, 0.25) is 17.7 Å². The zero-order chi connectivity index (χ0) is 24.1. The molecule has 0 fully saturated rings. The van der Waals surface area contributed by atoms with Gasteiger partial charge in [0.15, 0.2) is 6.04 Å². The monoisotopic (exact) mass is 465 g/mol. The lowest BCUT2D eigenvalue weighted by Gasteiger charge is -2.25. The van der Waals surface area contributed by atoms with Gasteiger partial charge in [-0.2, -0.15) is 12.6 Å². The Hall–Kier alpha value is -2.42. The van der Waals surface area contributed by atoms with E-state index in [1.54, 1.807) is 0 Å². The minimum absolute atomic E-state index is 0.140. The second-order valence-corrected chi connectivity index (χ2v) is 7.22. The number of aliphatic hydroxyl groups excluding tert-OH is 1. The Labute approximate surface area is 184 Å². The topological polar surface area (TPSA) is 234 Å². The molecule has 3 amide bonds. The van der Waals surface area contributed by atoms with E-state index in [1.807, 2.05) is 0 Å². The van der Waals surface area contributed by atoms with Gasteiger partial charge in [-0.25, -0.2) is 4.79 Å². The molecule has 0 saturated carbocycles. The van der Waals surface area contributed by atoms with Gasteiger partial charge in [-0.1, -0.05) is 0 Å². The van der Waals surface area contributed by atoms with Gasteiger partial charge in [-0.05, 0) is 32.7 Å². The van der Waals surface area contributed by atoms with Gasteiger partial charge >= 0.3 is 11.9 Å². The van der Waals surface area contributed by atoms with E-state index in [9.17, 15) is 29.1 Å². The number of carboxylic acids is 2. The molecule has 14 heteroatoms. The van der Waals surface area contributed by atoms with Crippen molar-refractivity contribution < 1.29 is 39.3 Å². The highest BCUT2D eigenvalue weighted by Gasteiger charge is 2.31. The number of thiol groups is 1. The molecule has 0 aliphatic carbocycles. The van der Waals surface area contributed by atoms with E-state index in [-0.39, 0.29) is 12.2 Å². The number of nitrogens with one attached hydrogen (secondary N) is 3. The SMILES string of the molecule is CC(O)C(NC(=O)C(CS)NC(=O)C(CCCCN)NC(=O)C(N)CC(=O)O)C(=O)O. The summed E-state index contributed by atoms with van der Waals surface area (Å²) in [6.45, 7) is 1.52. The van der Waals surface area contributed by atoms with Crippen molar-refractivity contribution in [1.82, 2.24) is 16.0 Å². The van der Waals surface area contributed by atoms with Crippen LogP contribution in [0.1, 0.15) is 32.6 Å². The van der Waals surface area contributed by atoms with Crippen LogP contribution in [-0.2, 0) is 24.0 Å². The van der Waals surface area contributed by atoms with Crippen molar-refractivity contribution >= 4 is 42.3 Å². The van der Waals surface area contributed by atoms with E-state index >= 15 is 0 Å². The first kappa shape index (κ1) is 28.6. The normalized spacial score (nSPS) is 15.6. The second-order valence-electron chi connectivity index (χ2n) is 6.86. The highest BCUT2D eigenvalue weighted by molar-refractivity contribution is 7.80. The lowest BCUT2D eigenvalue weighted by Crippen LogP contribution is -2.58. The van der Waals surface area contributed by atoms with Gasteiger partial charge in [0.1, 0.15) is 12.1 Å². The van der Waals surface area contributed by atoms with Crippen molar-refractivity contribution in [3.63, 3.8) is 0 Å². The predicted molar refractivity (Wildman–Crippen MR) is 112 cm³/mol. The minimum Gasteiger partial charge on any atom is -0.481 e. The van der Waals surface area contributed by atoms with Crippen LogP contribution in [0.3, 0.4) is 0 Å². The maximum Gasteiger partial charge on any atom is 0.328 e. The number of hydrogen-bond donors (Lipinski definition) is 9. The van der Waals surface area contributed by atoms with E-state index in [1.165, 1.54) is 6.92 Å². The number of amides is 3. The number of carbonyl (C=O) groups excluding carboxylic acids is 3. The van der Waals surface area contributed by atoms with E-state index in [0.29, 0.717) is 19.4 Å². The predicted octanol–water partition coefficient (Wildman–Crippen LogP) is -3.23. The lowest BCUT2D eigenvalue weighted by molar-refractivity contribution is -0.145. The molecule has 0 aliphatic rings. The van der Waals surface area contributed by atoms with Gasteiger partial charge in [0, 0.05) is 5.75 Å². The second kappa shape index (κ2) is 14.6. The Morgan fingerprint density at radius 3 is 1.94 bits per heavy atom. The van der Waals surface area contributed by atoms with Crippen molar-refractivity contribution in [2.24, 2.45) is 11.5 Å². The van der Waals surface area contributed by atoms with Crippen LogP contribution < -0.4 is 27.4 Å². The van der Waals surface area contributed by atoms with Crippen molar-refractivity contribution in [3.05, 3.63) is 0 Å². The van der Waals surface area contributed by atoms with Crippen molar-refractivity contribution in [2.75, 3.05) is 12.3 Å². The molecule has 0 rings (SSSR count). The van der Waals surface area contributed by atoms with E-state index in [4.69, 9.17) is 21.7 Å². The number of aliphatic hydroxyl groups is 1. The molecule has 5 atom stereocenters. The van der Waals surface area contributed by atoms with Crippen molar-refractivity contribution in [1.29, 1.82) is 0 Å². The Morgan fingerprint density at radius 2 is 1.48 bits per heavy atom. The van der Waals surface area contributed by atoms with Gasteiger partial charge in [-0.3, -0.25) is 19.2 Å². The molecule has 0 spiro atoms. The summed E-state index contributed by atoms with van der Waals surface area (Å²) in [5, 5.41) is 34.1. The molecule has 0 radical (unpaired) electrons. The molecule has 10 N–H and O–H groups in total. The van der Waals surface area contributed by atoms with Gasteiger partial charge in [0.25, 0.3) is 0 Å². The Morgan fingerprint density at radius 1 is 0.935 bits per heavy atom. The third kappa shape index (κ3) is 11.0. The molecule has 13 nitrogen and oxygen atoms in total. The van der Waals surface area contributed by atoms with Crippen LogP contribution in [0.25, 0.3) is 0 Å². The standard InChI is InChI=1S/C17H31N5O8S/c1-8(23)13(17(29)30)22-16(28)11(7-31)21-15(27)10(4-2-3-5-18)20-14(26)9(19)6-12(24)25/h8-11,13,23,31H,2-7,18-19H2,1H3,(H,20,26)(H,21,27)(H,22,28)(H,24,25)(H,29,30). The van der Waals surface area contributed by atoms with Crippen LogP contribution in [-0.4, -0.2) is 87.5 Å². The number of aliphatic carboxylic acids is 2. The highest BCUT2D eigenvalue weighted by atomic mass is 32.1. The average molecular weight is 466 g/mol. The van der Waals surface area contributed by atoms with Crippen molar-refractivity contribution in [3.8, 4) is 0 Å². The number of carboxylic acid groups (broad SMARTS) is 2. The van der Waals surface area contributed by atoms with Gasteiger partial charge < -0.3 is 42.7 Å². The Balaban J connectivity index is 5.25. The maximum atomic E-state index is 12.7. The summed E-state index contributed by atoms with van der Waals surface area (Å²) in [6, 6.07) is -5.38. The molecule has 5 unspecified atom stereocenters. The smallest absolute Gasteiger partial charge is 0.328 e. The molecular weight excluding hydrogens is 434 g/mol. The lowest BCUT2D eigenvalue weighted by atomic mass is 10.1. The summed E-state index contributed by atoms with van der Waals surface area (Å²) in [4.78, 5) is 59.0. The summed E-state index contributed by atoms with van der Waals surface area (Å²) in [5.41, 5.74) is 10.9. The Kier molecular flexibility index (Phi) is 13.4. The van der Waals surface area contributed by atoms with Crippen molar-refractivity contribution in [2.45, 2.75) is 62.9 Å². The average Bonchev–Trinajstić information content (AvgIpc) is 2.67. The number of carbonyl (C=O) groups is 5. The number of unbranched alkanes of at least 4 members (excludes halogenated alkanes) is 1. The van der Waals surface area contributed by atoms with Crippen LogP contribution in [0.15, 0.2) is 0 Å². The summed E-state index contributed by atoms with van der Waals surface area (Å²) < 4.78 is 0. The molecule has 0 aliphatic heterocycles. The summed E-state index contributed by atoms with van der Waals surface area (Å²) in [7, 11) is 0. The number of nitrogens with two attached hydrogens (primary N) is 2. The molecular formula is C17H31N5O8S. The fourth-order valence-corrected chi connectivity index (χ4v) is 2.69. The maximum absolute atomic E-state index is 12.7. The zero-order valence-electron chi connectivity index (χ0n) is 17.1. The number of hydrogen-bond acceptors (Lipinski definition) is 9. The van der Waals surface area contributed by atoms with Crippen LogP contribution in [0.4, 0.5) is 0 Å². The summed E-state index contributed by atoms with van der Waals surface area (Å²) >= 11 is 3.98. The van der Waals surface area contributed by atoms with Crippen LogP contribution in [0.5, 0.6) is 0 Å². The number of rotatable bonds is 15. The summed E-state index contributed by atoms with van der Waals surface area (Å²) in [5.74, 6) is -5.48. The summed E-state index contributed by atoms with van der Waals surface area (Å²) in [6.07, 6.45) is -0.895. The zero-order valence-corrected chi connectivity index (χ0v) is 18.0. The first-order valence-corrected chi connectivity index (χ1v) is 10.2. The molecule has 0 aromatic heterocycles. The molecule has 0 heterocycles. The van der Waals surface area contributed by atoms with Gasteiger partial charge in [0.05, 0.1) is 18.6 Å². The highest BCUT2D eigenvalue weighted by Crippen LogP contribution is 2.04. The molecule has 0 aromatic rings. The molecule has 0 aromatic carbocycles. The van der Waals surface area contributed by atoms with E-state index < -0.39 is 66.4 Å². The third-order valence-electron chi connectivity index (χ3n) is 4.17. The van der Waals surface area contributed by atoms with E-state index in [2.05, 4.69) is 28.6 Å². The third-order valence-corrected chi connectivity index (χ3v) is 4.54. The molecule has 0 saturated heterocycles. The molecule has 178 valence electrons. The minimum atomic E-state index is -1.60. The van der Waals surface area contributed by atoms with E-state index in [0.717, 1.165) is 0 Å². The van der Waals surface area contributed by atoms with Crippen LogP contribution >= 0.6 is 12.6 Å². The first-order chi connectivity index (χ1) is 14.4. The fraction of sp³-hybridized carbons (Fsp3) is 0.706. The quantitative estimate of drug-likeness (QED) is 0.0865. The Bertz CT molecular complexity index is 648. The van der Waals surface area contributed by atoms with Crippen LogP contribution in [0.2, 0.25) is 0 Å².